The van der Waals surface area contributed by atoms with Gasteiger partial charge in [-0.25, -0.2) is 0 Å². The Morgan fingerprint density at radius 3 is 1.89 bits per heavy atom. The summed E-state index contributed by atoms with van der Waals surface area (Å²) >= 11 is 0. The zero-order valence-corrected chi connectivity index (χ0v) is 6.55. The quantitative estimate of drug-likeness (QED) is 0.413. The van der Waals surface area contributed by atoms with Crippen LogP contribution >= 0.6 is 0 Å². The predicted octanol–water partition coefficient (Wildman–Crippen LogP) is 1.44. The molecule has 0 bridgehead atoms. The summed E-state index contributed by atoms with van der Waals surface area (Å²) in [6.45, 7) is 6.27. The molecule has 0 aromatic carbocycles. The molecule has 1 atom stereocenters. The average molecular weight is 126 g/mol. The molecule has 2 nitrogen and oxygen atoms in total. The number of nitrogens with zero attached hydrogens (tertiary/aromatic N) is 2. The van der Waals surface area contributed by atoms with Crippen LogP contribution in [0.2, 0.25) is 0 Å². The fourth-order valence-electron chi connectivity index (χ4n) is 0.538. The van der Waals surface area contributed by atoms with E-state index in [4.69, 9.17) is 5.26 Å². The van der Waals surface area contributed by atoms with E-state index in [1.165, 1.54) is 0 Å². The maximum Gasteiger partial charge on any atom is 0.179 e. The van der Waals surface area contributed by atoms with Gasteiger partial charge in [0.25, 0.3) is 0 Å². The van der Waals surface area contributed by atoms with E-state index in [0.717, 1.165) is 0 Å². The Morgan fingerprint density at radius 2 is 1.78 bits per heavy atom. The van der Waals surface area contributed by atoms with Crippen LogP contribution < -0.4 is 0 Å². The zero-order chi connectivity index (χ0) is 7.44. The molecule has 0 amide bonds. The van der Waals surface area contributed by atoms with Crippen LogP contribution in [0.1, 0.15) is 20.8 Å². The summed E-state index contributed by atoms with van der Waals surface area (Å²) in [4.78, 5) is 1.67. The summed E-state index contributed by atoms with van der Waals surface area (Å²) in [5, 5.41) is 8.43. The molecule has 0 aliphatic heterocycles. The third-order valence-corrected chi connectivity index (χ3v) is 1.73. The van der Waals surface area contributed by atoms with Crippen molar-refractivity contribution in [3.63, 3.8) is 0 Å². The van der Waals surface area contributed by atoms with Crippen molar-refractivity contribution >= 4 is 0 Å². The molecule has 52 valence electrons. The summed E-state index contributed by atoms with van der Waals surface area (Å²) in [6.07, 6.45) is 2.08. The topological polar surface area (TPSA) is 27.0 Å². The Kier molecular flexibility index (Phi) is 3.08. The van der Waals surface area contributed by atoms with Crippen molar-refractivity contribution in [2.45, 2.75) is 26.8 Å². The van der Waals surface area contributed by atoms with Gasteiger partial charge in [0.2, 0.25) is 0 Å². The molecule has 0 aliphatic rings. The first-order valence-electron chi connectivity index (χ1n) is 3.22. The van der Waals surface area contributed by atoms with Gasteiger partial charge in [-0.2, -0.15) is 5.26 Å². The van der Waals surface area contributed by atoms with E-state index in [0.29, 0.717) is 12.0 Å². The van der Waals surface area contributed by atoms with Gasteiger partial charge >= 0.3 is 0 Å². The van der Waals surface area contributed by atoms with Gasteiger partial charge in [0.1, 0.15) is 0 Å². The van der Waals surface area contributed by atoms with Crippen LogP contribution in [-0.4, -0.2) is 18.0 Å². The van der Waals surface area contributed by atoms with Crippen molar-refractivity contribution in [3.8, 4) is 6.19 Å². The smallest absolute Gasteiger partial charge is 0.179 e. The molecule has 0 aromatic heterocycles. The van der Waals surface area contributed by atoms with E-state index < -0.39 is 0 Å². The molecule has 0 fully saturated rings. The lowest BCUT2D eigenvalue weighted by Crippen LogP contribution is -2.28. The Hall–Kier alpha value is -0.710. The van der Waals surface area contributed by atoms with Gasteiger partial charge in [-0.05, 0) is 12.8 Å². The van der Waals surface area contributed by atoms with E-state index in [1.54, 1.807) is 4.90 Å². The van der Waals surface area contributed by atoms with Gasteiger partial charge in [0.15, 0.2) is 6.19 Å². The zero-order valence-electron chi connectivity index (χ0n) is 6.55. The van der Waals surface area contributed by atoms with Crippen molar-refractivity contribution in [2.75, 3.05) is 7.05 Å². The number of hydrogen-bond donors (Lipinski definition) is 0. The van der Waals surface area contributed by atoms with Crippen LogP contribution in [0.5, 0.6) is 0 Å². The van der Waals surface area contributed by atoms with Crippen LogP contribution in [0.4, 0.5) is 0 Å². The first-order chi connectivity index (χ1) is 4.09. The van der Waals surface area contributed by atoms with Crippen LogP contribution in [0.15, 0.2) is 0 Å². The SMILES string of the molecule is CC(C)C(C)N(C)C#N. The molecule has 0 heterocycles. The van der Waals surface area contributed by atoms with E-state index >= 15 is 0 Å². The van der Waals surface area contributed by atoms with Crippen LogP contribution in [0.25, 0.3) is 0 Å². The number of hydrogen-bond acceptors (Lipinski definition) is 2. The Balaban J connectivity index is 3.76. The van der Waals surface area contributed by atoms with Gasteiger partial charge < -0.3 is 4.90 Å². The second-order valence-corrected chi connectivity index (χ2v) is 2.70. The summed E-state index contributed by atoms with van der Waals surface area (Å²) < 4.78 is 0. The lowest BCUT2D eigenvalue weighted by atomic mass is 10.1. The molecule has 0 aliphatic carbocycles. The fourth-order valence-corrected chi connectivity index (χ4v) is 0.538. The molecule has 0 radical (unpaired) electrons. The van der Waals surface area contributed by atoms with Crippen molar-refractivity contribution in [1.29, 1.82) is 5.26 Å². The Morgan fingerprint density at radius 1 is 1.33 bits per heavy atom. The second kappa shape index (κ2) is 3.34. The molecule has 2 heteroatoms. The van der Waals surface area contributed by atoms with E-state index in [9.17, 15) is 0 Å². The molecule has 0 rings (SSSR count). The van der Waals surface area contributed by atoms with Crippen molar-refractivity contribution in [2.24, 2.45) is 5.92 Å². The van der Waals surface area contributed by atoms with E-state index in [2.05, 4.69) is 20.0 Å². The molecule has 9 heavy (non-hydrogen) atoms. The fraction of sp³-hybridized carbons (Fsp3) is 0.857. The van der Waals surface area contributed by atoms with Gasteiger partial charge in [-0.1, -0.05) is 13.8 Å². The molecule has 0 saturated carbocycles. The molecular weight excluding hydrogens is 112 g/mol. The van der Waals surface area contributed by atoms with Gasteiger partial charge in [0.05, 0.1) is 0 Å². The Labute approximate surface area is 57.1 Å². The number of rotatable bonds is 2. The highest BCUT2D eigenvalue weighted by atomic mass is 15.1. The van der Waals surface area contributed by atoms with E-state index in [-0.39, 0.29) is 0 Å². The summed E-state index contributed by atoms with van der Waals surface area (Å²) in [5.74, 6) is 0.551. The molecule has 1 unspecified atom stereocenters. The van der Waals surface area contributed by atoms with Crippen LogP contribution in [0, 0.1) is 17.4 Å². The van der Waals surface area contributed by atoms with Crippen molar-refractivity contribution < 1.29 is 0 Å². The lowest BCUT2D eigenvalue weighted by Gasteiger charge is -2.21. The molecular formula is C7H14N2. The van der Waals surface area contributed by atoms with Crippen LogP contribution in [-0.2, 0) is 0 Å². The van der Waals surface area contributed by atoms with Crippen molar-refractivity contribution in [3.05, 3.63) is 0 Å². The van der Waals surface area contributed by atoms with Gasteiger partial charge in [0, 0.05) is 13.1 Å². The molecule has 0 N–H and O–H groups in total. The molecule has 0 saturated heterocycles. The Bertz CT molecular complexity index is 113. The predicted molar refractivity (Wildman–Crippen MR) is 37.7 cm³/mol. The highest BCUT2D eigenvalue weighted by Crippen LogP contribution is 2.05. The third kappa shape index (κ3) is 2.36. The lowest BCUT2D eigenvalue weighted by molar-refractivity contribution is 0.291. The summed E-state index contributed by atoms with van der Waals surface area (Å²) in [5.41, 5.74) is 0. The maximum atomic E-state index is 8.43. The van der Waals surface area contributed by atoms with Gasteiger partial charge in [-0.15, -0.1) is 0 Å². The standard InChI is InChI=1S/C7H14N2/c1-6(2)7(3)9(4)5-8/h6-7H,1-4H3. The molecule has 0 aromatic rings. The normalized spacial score (nSPS) is 12.9. The minimum absolute atomic E-state index is 0.356. The summed E-state index contributed by atoms with van der Waals surface area (Å²) in [6, 6.07) is 0.356. The highest BCUT2D eigenvalue weighted by Gasteiger charge is 2.09. The first kappa shape index (κ1) is 8.29. The monoisotopic (exact) mass is 126 g/mol. The minimum Gasteiger partial charge on any atom is -0.311 e. The molecule has 0 spiro atoms. The van der Waals surface area contributed by atoms with Gasteiger partial charge in [-0.3, -0.25) is 0 Å². The second-order valence-electron chi connectivity index (χ2n) is 2.70. The largest absolute Gasteiger partial charge is 0.311 e. The average Bonchev–Trinajstić information content (AvgIpc) is 1.84. The maximum absolute atomic E-state index is 8.43. The minimum atomic E-state index is 0.356. The third-order valence-electron chi connectivity index (χ3n) is 1.73. The summed E-state index contributed by atoms with van der Waals surface area (Å²) in [7, 11) is 1.81. The van der Waals surface area contributed by atoms with E-state index in [1.807, 2.05) is 14.0 Å². The highest BCUT2D eigenvalue weighted by molar-refractivity contribution is 4.77. The van der Waals surface area contributed by atoms with Crippen molar-refractivity contribution in [1.82, 2.24) is 4.90 Å². The first-order valence-corrected chi connectivity index (χ1v) is 3.22. The van der Waals surface area contributed by atoms with Crippen LogP contribution in [0.3, 0.4) is 0 Å². The number of nitriles is 1.